The highest BCUT2D eigenvalue weighted by molar-refractivity contribution is 7.89. The summed E-state index contributed by atoms with van der Waals surface area (Å²) in [5, 5.41) is 4.51. The van der Waals surface area contributed by atoms with E-state index in [1.54, 1.807) is 4.31 Å². The average Bonchev–Trinajstić information content (AvgIpc) is 3.64. The van der Waals surface area contributed by atoms with Crippen molar-refractivity contribution in [2.24, 2.45) is 11.8 Å². The molecule has 0 radical (unpaired) electrons. The summed E-state index contributed by atoms with van der Waals surface area (Å²) in [6.07, 6.45) is 11.2. The predicted octanol–water partition coefficient (Wildman–Crippen LogP) is 3.62. The van der Waals surface area contributed by atoms with Crippen LogP contribution in [-0.4, -0.2) is 65.5 Å². The number of amides is 1. The van der Waals surface area contributed by atoms with Crippen molar-refractivity contribution in [1.82, 2.24) is 19.5 Å². The molecule has 2 aromatic rings. The molecule has 35 heavy (non-hydrogen) atoms. The molecule has 2 bridgehead atoms. The van der Waals surface area contributed by atoms with E-state index in [9.17, 15) is 13.2 Å². The lowest BCUT2D eigenvalue weighted by Gasteiger charge is -2.35. The number of rotatable bonds is 7. The maximum atomic E-state index is 13.5. The van der Waals surface area contributed by atoms with E-state index >= 15 is 0 Å². The van der Waals surface area contributed by atoms with Gasteiger partial charge in [-0.1, -0.05) is 37.5 Å². The summed E-state index contributed by atoms with van der Waals surface area (Å²) < 4.78 is 28.7. The molecule has 2 N–H and O–H groups in total. The third kappa shape index (κ3) is 4.65. The van der Waals surface area contributed by atoms with Crippen LogP contribution in [0.5, 0.6) is 0 Å². The van der Waals surface area contributed by atoms with Gasteiger partial charge in [-0.3, -0.25) is 9.69 Å². The van der Waals surface area contributed by atoms with Gasteiger partial charge in [0.05, 0.1) is 5.75 Å². The zero-order chi connectivity index (χ0) is 24.0. The van der Waals surface area contributed by atoms with E-state index in [0.717, 1.165) is 76.5 Å². The van der Waals surface area contributed by atoms with Gasteiger partial charge >= 0.3 is 0 Å². The van der Waals surface area contributed by atoms with E-state index in [1.165, 1.54) is 17.4 Å². The lowest BCUT2D eigenvalue weighted by Crippen LogP contribution is -2.55. The number of sulfonamides is 1. The van der Waals surface area contributed by atoms with Crippen molar-refractivity contribution in [2.75, 3.05) is 18.8 Å². The number of piperidine rings is 1. The van der Waals surface area contributed by atoms with E-state index in [0.29, 0.717) is 0 Å². The minimum Gasteiger partial charge on any atom is -0.361 e. The summed E-state index contributed by atoms with van der Waals surface area (Å²) >= 11 is 0. The topological polar surface area (TPSA) is 85.5 Å². The summed E-state index contributed by atoms with van der Waals surface area (Å²) in [5.74, 6) is 0.583. The molecule has 4 fully saturated rings. The Balaban J connectivity index is 1.09. The third-order valence-electron chi connectivity index (χ3n) is 8.97. The fourth-order valence-electron chi connectivity index (χ4n) is 7.30. The van der Waals surface area contributed by atoms with Crippen molar-refractivity contribution in [3.05, 3.63) is 36.0 Å². The van der Waals surface area contributed by atoms with Gasteiger partial charge in [-0.05, 0) is 62.0 Å². The van der Waals surface area contributed by atoms with Gasteiger partial charge in [0.25, 0.3) is 0 Å². The van der Waals surface area contributed by atoms with Gasteiger partial charge in [-0.15, -0.1) is 0 Å². The van der Waals surface area contributed by atoms with Gasteiger partial charge in [-0.2, -0.15) is 4.31 Å². The largest absolute Gasteiger partial charge is 0.361 e. The second-order valence-electron chi connectivity index (χ2n) is 11.4. The number of carbonyl (C=O) groups is 1. The van der Waals surface area contributed by atoms with Crippen molar-refractivity contribution < 1.29 is 13.2 Å². The number of benzene rings is 1. The number of nitrogens with zero attached hydrogens (tertiary/aromatic N) is 2. The highest BCUT2D eigenvalue weighted by atomic mass is 32.2. The maximum Gasteiger partial charge on any atom is 0.239 e. The Morgan fingerprint density at radius 2 is 1.89 bits per heavy atom. The molecule has 4 unspecified atom stereocenters. The van der Waals surface area contributed by atoms with E-state index in [2.05, 4.69) is 39.6 Å². The first-order valence-electron chi connectivity index (χ1n) is 13.6. The Labute approximate surface area is 208 Å². The normalized spacial score (nSPS) is 30.4. The molecule has 190 valence electrons. The molecule has 4 aliphatic rings. The Morgan fingerprint density at radius 1 is 1.06 bits per heavy atom. The van der Waals surface area contributed by atoms with Crippen LogP contribution in [0, 0.1) is 11.8 Å². The summed E-state index contributed by atoms with van der Waals surface area (Å²) in [5.41, 5.74) is 2.43. The zero-order valence-corrected chi connectivity index (χ0v) is 21.3. The van der Waals surface area contributed by atoms with Gasteiger partial charge < -0.3 is 10.3 Å². The second kappa shape index (κ2) is 9.52. The standard InChI is InChI=1S/C27H38N4O3S/c32-27(29-22-12-13-30(17-22)16-21-15-28-25-9-5-4-8-24(21)25)26-20-10-11-23(14-20)31(26)35(33,34)18-19-6-2-1-3-7-19/h4-5,8-9,15,19-20,22-23,26,28H,1-3,6-7,10-14,16-18H2,(H,29,32). The Morgan fingerprint density at radius 3 is 2.74 bits per heavy atom. The summed E-state index contributed by atoms with van der Waals surface area (Å²) in [6, 6.07) is 7.93. The Bertz CT molecular complexity index is 1170. The molecular weight excluding hydrogens is 460 g/mol. The van der Waals surface area contributed by atoms with Crippen LogP contribution >= 0.6 is 0 Å². The molecule has 1 amide bonds. The first kappa shape index (κ1) is 23.5. The van der Waals surface area contributed by atoms with Crippen LogP contribution in [0.4, 0.5) is 0 Å². The third-order valence-corrected chi connectivity index (χ3v) is 11.0. The number of aromatic nitrogens is 1. The van der Waals surface area contributed by atoms with E-state index in [1.807, 2.05) is 6.07 Å². The van der Waals surface area contributed by atoms with Crippen LogP contribution in [0.15, 0.2) is 30.5 Å². The number of aromatic amines is 1. The molecule has 3 heterocycles. The fraction of sp³-hybridized carbons (Fsp3) is 0.667. The number of para-hydroxylation sites is 1. The first-order valence-corrected chi connectivity index (χ1v) is 15.2. The number of nitrogens with one attached hydrogen (secondary N) is 2. The SMILES string of the molecule is O=C(NC1CCN(Cc2c[nH]c3ccccc23)C1)C1C2CCC(C2)N1S(=O)(=O)CC1CCCCC1. The Hall–Kier alpha value is -1.90. The molecule has 6 rings (SSSR count). The summed E-state index contributed by atoms with van der Waals surface area (Å²) in [4.78, 5) is 19.2. The van der Waals surface area contributed by atoms with Crippen molar-refractivity contribution in [2.45, 2.75) is 82.5 Å². The van der Waals surface area contributed by atoms with E-state index in [4.69, 9.17) is 0 Å². The maximum absolute atomic E-state index is 13.5. The van der Waals surface area contributed by atoms with Crippen molar-refractivity contribution in [3.63, 3.8) is 0 Å². The Kier molecular flexibility index (Phi) is 6.39. The van der Waals surface area contributed by atoms with Gasteiger partial charge in [0.1, 0.15) is 6.04 Å². The van der Waals surface area contributed by atoms with Crippen LogP contribution < -0.4 is 5.32 Å². The number of H-pyrrole nitrogens is 1. The minimum absolute atomic E-state index is 0.0197. The molecule has 1 aromatic heterocycles. The summed E-state index contributed by atoms with van der Waals surface area (Å²) in [7, 11) is -3.43. The minimum atomic E-state index is -3.43. The van der Waals surface area contributed by atoms with Crippen LogP contribution in [0.2, 0.25) is 0 Å². The smallest absolute Gasteiger partial charge is 0.239 e. The zero-order valence-electron chi connectivity index (χ0n) is 20.5. The van der Waals surface area contributed by atoms with Gasteiger partial charge in [0.15, 0.2) is 0 Å². The van der Waals surface area contributed by atoms with Crippen molar-refractivity contribution >= 4 is 26.8 Å². The number of carbonyl (C=O) groups excluding carboxylic acids is 1. The lowest BCUT2D eigenvalue weighted by molar-refractivity contribution is -0.126. The van der Waals surface area contributed by atoms with Gasteiger partial charge in [0.2, 0.25) is 15.9 Å². The quantitative estimate of drug-likeness (QED) is 0.611. The molecule has 4 atom stereocenters. The molecule has 2 aliphatic carbocycles. The van der Waals surface area contributed by atoms with E-state index < -0.39 is 16.1 Å². The monoisotopic (exact) mass is 498 g/mol. The second-order valence-corrected chi connectivity index (χ2v) is 13.3. The average molecular weight is 499 g/mol. The summed E-state index contributed by atoms with van der Waals surface area (Å²) in [6.45, 7) is 2.60. The number of fused-ring (bicyclic) bond motifs is 3. The van der Waals surface area contributed by atoms with E-state index in [-0.39, 0.29) is 35.6 Å². The fourth-order valence-corrected chi connectivity index (χ4v) is 9.66. The molecule has 2 saturated heterocycles. The highest BCUT2D eigenvalue weighted by Crippen LogP contribution is 2.45. The molecular formula is C27H38N4O3S. The van der Waals surface area contributed by atoms with Crippen molar-refractivity contribution in [3.8, 4) is 0 Å². The molecule has 0 spiro atoms. The van der Waals surface area contributed by atoms with Crippen molar-refractivity contribution in [1.29, 1.82) is 0 Å². The molecule has 7 nitrogen and oxygen atoms in total. The number of hydrogen-bond acceptors (Lipinski definition) is 4. The highest BCUT2D eigenvalue weighted by Gasteiger charge is 2.54. The lowest BCUT2D eigenvalue weighted by atomic mass is 9.91. The van der Waals surface area contributed by atoms with Gasteiger partial charge in [0, 0.05) is 48.8 Å². The van der Waals surface area contributed by atoms with Gasteiger partial charge in [-0.25, -0.2) is 8.42 Å². The number of likely N-dealkylation sites (tertiary alicyclic amines) is 1. The first-order chi connectivity index (χ1) is 17.0. The predicted molar refractivity (Wildman–Crippen MR) is 137 cm³/mol. The van der Waals surface area contributed by atoms with Crippen LogP contribution in [0.1, 0.15) is 63.4 Å². The van der Waals surface area contributed by atoms with Crippen LogP contribution in [-0.2, 0) is 21.4 Å². The molecule has 2 saturated carbocycles. The molecule has 1 aromatic carbocycles. The molecule has 8 heteroatoms. The van der Waals surface area contributed by atoms with Crippen LogP contribution in [0.25, 0.3) is 10.9 Å². The van der Waals surface area contributed by atoms with Crippen LogP contribution in [0.3, 0.4) is 0 Å². The number of hydrogen-bond donors (Lipinski definition) is 2. The molecule has 2 aliphatic heterocycles.